The second-order valence-corrected chi connectivity index (χ2v) is 4.44. The standard InChI is InChI=1S/C9H15N3O2S/c1-4-7(13)6(3)15-9-11-10-8(14)12(9)5-2/h6H,4-5H2,1-3H3,(H,10,14). The third kappa shape index (κ3) is 2.71. The molecule has 0 saturated heterocycles. The number of rotatable bonds is 5. The molecule has 1 unspecified atom stereocenters. The molecule has 0 amide bonds. The lowest BCUT2D eigenvalue weighted by molar-refractivity contribution is -0.118. The highest BCUT2D eigenvalue weighted by Gasteiger charge is 2.16. The number of H-pyrrole nitrogens is 1. The Morgan fingerprint density at radius 2 is 2.27 bits per heavy atom. The van der Waals surface area contributed by atoms with Crippen molar-refractivity contribution in [2.75, 3.05) is 0 Å². The molecule has 0 aliphatic heterocycles. The van der Waals surface area contributed by atoms with Gasteiger partial charge in [0.2, 0.25) is 0 Å². The topological polar surface area (TPSA) is 67.8 Å². The van der Waals surface area contributed by atoms with Crippen LogP contribution in [0.3, 0.4) is 0 Å². The van der Waals surface area contributed by atoms with Gasteiger partial charge in [0.1, 0.15) is 5.78 Å². The fourth-order valence-electron chi connectivity index (χ4n) is 1.18. The van der Waals surface area contributed by atoms with Crippen LogP contribution in [0.1, 0.15) is 27.2 Å². The first kappa shape index (κ1) is 12.0. The molecule has 0 radical (unpaired) electrons. The van der Waals surface area contributed by atoms with Crippen LogP contribution in [-0.2, 0) is 11.3 Å². The lowest BCUT2D eigenvalue weighted by Crippen LogP contribution is -2.18. The zero-order chi connectivity index (χ0) is 11.4. The number of hydrogen-bond donors (Lipinski definition) is 1. The van der Waals surface area contributed by atoms with Crippen LogP contribution in [0.4, 0.5) is 0 Å². The number of nitrogens with one attached hydrogen (secondary N) is 1. The molecule has 1 atom stereocenters. The van der Waals surface area contributed by atoms with Gasteiger partial charge < -0.3 is 0 Å². The normalized spacial score (nSPS) is 12.7. The lowest BCUT2D eigenvalue weighted by Gasteiger charge is -2.07. The molecule has 1 rings (SSSR count). The average molecular weight is 229 g/mol. The van der Waals surface area contributed by atoms with Crippen molar-refractivity contribution in [2.24, 2.45) is 0 Å². The van der Waals surface area contributed by atoms with Crippen molar-refractivity contribution < 1.29 is 4.79 Å². The van der Waals surface area contributed by atoms with Crippen LogP contribution in [0.15, 0.2) is 9.95 Å². The monoisotopic (exact) mass is 229 g/mol. The van der Waals surface area contributed by atoms with Gasteiger partial charge in [-0.15, -0.1) is 5.10 Å². The van der Waals surface area contributed by atoms with Crippen molar-refractivity contribution in [3.8, 4) is 0 Å². The van der Waals surface area contributed by atoms with Gasteiger partial charge in [-0.05, 0) is 13.8 Å². The number of aromatic amines is 1. The first-order chi connectivity index (χ1) is 7.10. The van der Waals surface area contributed by atoms with E-state index in [1.165, 1.54) is 16.3 Å². The highest BCUT2D eigenvalue weighted by Crippen LogP contribution is 2.20. The zero-order valence-electron chi connectivity index (χ0n) is 9.11. The zero-order valence-corrected chi connectivity index (χ0v) is 9.93. The molecule has 0 saturated carbocycles. The van der Waals surface area contributed by atoms with Gasteiger partial charge in [-0.3, -0.25) is 9.36 Å². The van der Waals surface area contributed by atoms with Gasteiger partial charge in [-0.1, -0.05) is 18.7 Å². The molecule has 84 valence electrons. The van der Waals surface area contributed by atoms with E-state index in [2.05, 4.69) is 10.2 Å². The number of Topliss-reactive ketones (excluding diaryl/α,β-unsaturated/α-hetero) is 1. The number of thioether (sulfide) groups is 1. The highest BCUT2D eigenvalue weighted by molar-refractivity contribution is 8.00. The van der Waals surface area contributed by atoms with Crippen LogP contribution in [0.25, 0.3) is 0 Å². The van der Waals surface area contributed by atoms with E-state index in [0.29, 0.717) is 18.1 Å². The van der Waals surface area contributed by atoms with Crippen molar-refractivity contribution in [3.63, 3.8) is 0 Å². The molecule has 1 N–H and O–H groups in total. The van der Waals surface area contributed by atoms with Crippen LogP contribution in [-0.4, -0.2) is 25.8 Å². The maximum absolute atomic E-state index is 11.4. The van der Waals surface area contributed by atoms with Gasteiger partial charge >= 0.3 is 5.69 Å². The Labute approximate surface area is 92.3 Å². The van der Waals surface area contributed by atoms with Crippen LogP contribution < -0.4 is 5.69 Å². The Bertz CT molecular complexity index is 396. The Kier molecular flexibility index (Phi) is 4.14. The van der Waals surface area contributed by atoms with E-state index in [1.54, 1.807) is 0 Å². The highest BCUT2D eigenvalue weighted by atomic mass is 32.2. The summed E-state index contributed by atoms with van der Waals surface area (Å²) < 4.78 is 1.52. The van der Waals surface area contributed by atoms with Gasteiger partial charge in [0.05, 0.1) is 5.25 Å². The number of carbonyl (C=O) groups is 1. The number of carbonyl (C=O) groups excluding carboxylic acids is 1. The van der Waals surface area contributed by atoms with Crippen molar-refractivity contribution in [3.05, 3.63) is 10.5 Å². The van der Waals surface area contributed by atoms with Gasteiger partial charge in [-0.25, -0.2) is 9.89 Å². The molecule has 5 nitrogen and oxygen atoms in total. The third-order valence-corrected chi connectivity index (χ3v) is 3.26. The van der Waals surface area contributed by atoms with Gasteiger partial charge in [-0.2, -0.15) is 0 Å². The predicted octanol–water partition coefficient (Wildman–Crippen LogP) is 1.05. The summed E-state index contributed by atoms with van der Waals surface area (Å²) in [5, 5.41) is 6.68. The molecule has 0 aliphatic carbocycles. The second kappa shape index (κ2) is 5.16. The second-order valence-electron chi connectivity index (χ2n) is 3.14. The smallest absolute Gasteiger partial charge is 0.298 e. The Morgan fingerprint density at radius 3 is 2.80 bits per heavy atom. The summed E-state index contributed by atoms with van der Waals surface area (Å²) in [7, 11) is 0. The van der Waals surface area contributed by atoms with Crippen molar-refractivity contribution in [2.45, 2.75) is 44.1 Å². The maximum atomic E-state index is 11.4. The van der Waals surface area contributed by atoms with Crippen molar-refractivity contribution in [1.82, 2.24) is 14.8 Å². The van der Waals surface area contributed by atoms with Crippen LogP contribution in [0, 0.1) is 0 Å². The summed E-state index contributed by atoms with van der Waals surface area (Å²) in [6.45, 7) is 6.09. The summed E-state index contributed by atoms with van der Waals surface area (Å²) in [5.74, 6) is 0.165. The number of nitrogens with zero attached hydrogens (tertiary/aromatic N) is 2. The van der Waals surface area contributed by atoms with Gasteiger partial charge in [0.25, 0.3) is 0 Å². The number of aromatic nitrogens is 3. The molecule has 0 aromatic carbocycles. The summed E-state index contributed by atoms with van der Waals surface area (Å²) >= 11 is 1.32. The molecule has 0 bridgehead atoms. The lowest BCUT2D eigenvalue weighted by atomic mass is 10.2. The SMILES string of the molecule is CCC(=O)C(C)Sc1n[nH]c(=O)n1CC. The Morgan fingerprint density at radius 1 is 1.60 bits per heavy atom. The fourth-order valence-corrected chi connectivity index (χ4v) is 2.24. The van der Waals surface area contributed by atoms with E-state index in [-0.39, 0.29) is 16.7 Å². The molecule has 6 heteroatoms. The molecular formula is C9H15N3O2S. The minimum atomic E-state index is -0.226. The van der Waals surface area contributed by atoms with Gasteiger partial charge in [0, 0.05) is 13.0 Å². The minimum absolute atomic E-state index is 0.157. The summed E-state index contributed by atoms with van der Waals surface area (Å²) in [6.07, 6.45) is 0.509. The third-order valence-electron chi connectivity index (χ3n) is 2.12. The Balaban J connectivity index is 2.80. The van der Waals surface area contributed by atoms with Gasteiger partial charge in [0.15, 0.2) is 5.16 Å². The number of ketones is 1. The van der Waals surface area contributed by atoms with Crippen LogP contribution in [0.5, 0.6) is 0 Å². The number of hydrogen-bond acceptors (Lipinski definition) is 4. The molecule has 1 aromatic rings. The molecule has 0 aliphatic rings. The Hall–Kier alpha value is -1.04. The van der Waals surface area contributed by atoms with Crippen molar-refractivity contribution >= 4 is 17.5 Å². The summed E-state index contributed by atoms with van der Waals surface area (Å²) in [5.41, 5.74) is -0.226. The van der Waals surface area contributed by atoms with Crippen LogP contribution in [0.2, 0.25) is 0 Å². The van der Waals surface area contributed by atoms with E-state index in [0.717, 1.165) is 0 Å². The van der Waals surface area contributed by atoms with E-state index < -0.39 is 0 Å². The molecule has 1 aromatic heterocycles. The molecule has 1 heterocycles. The first-order valence-corrected chi connectivity index (χ1v) is 5.82. The summed E-state index contributed by atoms with van der Waals surface area (Å²) in [4.78, 5) is 22.6. The van der Waals surface area contributed by atoms with Crippen LogP contribution >= 0.6 is 11.8 Å². The first-order valence-electron chi connectivity index (χ1n) is 4.94. The average Bonchev–Trinajstić information content (AvgIpc) is 2.57. The molecular weight excluding hydrogens is 214 g/mol. The summed E-state index contributed by atoms with van der Waals surface area (Å²) in [6, 6.07) is 0. The molecule has 15 heavy (non-hydrogen) atoms. The van der Waals surface area contributed by atoms with E-state index in [1.807, 2.05) is 20.8 Å². The van der Waals surface area contributed by atoms with E-state index in [9.17, 15) is 9.59 Å². The van der Waals surface area contributed by atoms with E-state index >= 15 is 0 Å². The quantitative estimate of drug-likeness (QED) is 0.766. The maximum Gasteiger partial charge on any atom is 0.343 e. The minimum Gasteiger partial charge on any atom is -0.298 e. The molecule has 0 fully saturated rings. The largest absolute Gasteiger partial charge is 0.343 e. The predicted molar refractivity (Wildman–Crippen MR) is 59.1 cm³/mol. The van der Waals surface area contributed by atoms with E-state index in [4.69, 9.17) is 0 Å². The van der Waals surface area contributed by atoms with Crippen molar-refractivity contribution in [1.29, 1.82) is 0 Å². The molecule has 0 spiro atoms. The fraction of sp³-hybridized carbons (Fsp3) is 0.667.